The van der Waals surface area contributed by atoms with Gasteiger partial charge >= 0.3 is 0 Å². The molecule has 0 heterocycles. The van der Waals surface area contributed by atoms with Gasteiger partial charge in [0.15, 0.2) is 0 Å². The lowest BCUT2D eigenvalue weighted by molar-refractivity contribution is -0.178. The zero-order chi connectivity index (χ0) is 10.5. The van der Waals surface area contributed by atoms with Crippen LogP contribution in [0.15, 0.2) is 0 Å². The quantitative estimate of drug-likeness (QED) is 0.303. The number of rotatable bonds is 6. The van der Waals surface area contributed by atoms with Gasteiger partial charge in [-0.05, 0) is 0 Å². The number of carboxylic acids is 1. The molecule has 0 unspecified atom stereocenters. The molecule has 0 fully saturated rings. The largest absolute Gasteiger partial charge is 0.481 e. The molecular weight excluding hydrogens is 182 g/mol. The molecule has 0 aromatic heterocycles. The Labute approximate surface area is 75.8 Å². The highest BCUT2D eigenvalue weighted by molar-refractivity contribution is 5.62. The summed E-state index contributed by atoms with van der Waals surface area (Å²) in [5.41, 5.74) is 2.07. The van der Waals surface area contributed by atoms with Gasteiger partial charge in [-0.3, -0.25) is 14.5 Å². The highest BCUT2D eigenvalue weighted by atomic mass is 16.9. The molecule has 0 spiro atoms. The van der Waals surface area contributed by atoms with E-state index >= 15 is 0 Å². The van der Waals surface area contributed by atoms with Crippen molar-refractivity contribution in [3.8, 4) is 0 Å². The van der Waals surface area contributed by atoms with Crippen LogP contribution < -0.4 is 5.64 Å². The molecule has 0 bridgehead atoms. The molecule has 0 aromatic carbocycles. The number of aliphatic hydroxyl groups is 2. The van der Waals surface area contributed by atoms with Gasteiger partial charge in [-0.1, -0.05) is 5.64 Å². The van der Waals surface area contributed by atoms with Gasteiger partial charge < -0.3 is 15.3 Å². The SMILES string of the molecule is CC(=O)O.OCCONOCCO. The molecule has 0 saturated carbocycles. The van der Waals surface area contributed by atoms with Crippen LogP contribution in [0.2, 0.25) is 0 Å². The summed E-state index contributed by atoms with van der Waals surface area (Å²) in [4.78, 5) is 17.9. The standard InChI is InChI=1S/C4H11NO4.C2H4O2/c6-1-3-8-5-9-4-2-7;1-2(3)4/h5-7H,1-4H2;1H3,(H,3,4). The van der Waals surface area contributed by atoms with Crippen molar-refractivity contribution in [2.24, 2.45) is 0 Å². The molecule has 0 aliphatic heterocycles. The summed E-state index contributed by atoms with van der Waals surface area (Å²) in [6, 6.07) is 0. The average Bonchev–Trinajstić information content (AvgIpc) is 2.03. The summed E-state index contributed by atoms with van der Waals surface area (Å²) in [6.45, 7) is 1.31. The van der Waals surface area contributed by atoms with Crippen molar-refractivity contribution in [3.63, 3.8) is 0 Å². The second kappa shape index (κ2) is 13.8. The lowest BCUT2D eigenvalue weighted by Crippen LogP contribution is -2.19. The van der Waals surface area contributed by atoms with Crippen LogP contribution in [0.4, 0.5) is 0 Å². The number of aliphatic hydroxyl groups excluding tert-OH is 2. The van der Waals surface area contributed by atoms with Crippen molar-refractivity contribution in [2.45, 2.75) is 6.92 Å². The normalized spacial score (nSPS) is 8.85. The Morgan fingerprint density at radius 2 is 1.54 bits per heavy atom. The molecule has 0 aliphatic rings. The van der Waals surface area contributed by atoms with Crippen LogP contribution in [0.5, 0.6) is 0 Å². The topological polar surface area (TPSA) is 108 Å². The molecule has 0 saturated heterocycles. The smallest absolute Gasteiger partial charge is 0.300 e. The minimum Gasteiger partial charge on any atom is -0.481 e. The Hall–Kier alpha value is -0.730. The van der Waals surface area contributed by atoms with Gasteiger partial charge in [0, 0.05) is 6.92 Å². The van der Waals surface area contributed by atoms with Crippen LogP contribution in [0.1, 0.15) is 6.92 Å². The van der Waals surface area contributed by atoms with Gasteiger partial charge in [-0.15, -0.1) is 0 Å². The minimum atomic E-state index is -0.833. The predicted octanol–water partition coefficient (Wildman–Crippen LogP) is -1.49. The molecule has 7 nitrogen and oxygen atoms in total. The summed E-state index contributed by atoms with van der Waals surface area (Å²) in [5.74, 6) is -0.833. The van der Waals surface area contributed by atoms with Gasteiger partial charge in [-0.25, -0.2) is 0 Å². The monoisotopic (exact) mass is 197 g/mol. The third kappa shape index (κ3) is 34.9. The lowest BCUT2D eigenvalue weighted by Gasteiger charge is -2.01. The van der Waals surface area contributed by atoms with E-state index in [1.807, 2.05) is 0 Å². The zero-order valence-electron chi connectivity index (χ0n) is 7.39. The third-order valence-electron chi connectivity index (χ3n) is 0.505. The summed E-state index contributed by atoms with van der Waals surface area (Å²) in [7, 11) is 0. The van der Waals surface area contributed by atoms with E-state index in [9.17, 15) is 0 Å². The van der Waals surface area contributed by atoms with Crippen molar-refractivity contribution in [2.75, 3.05) is 26.4 Å². The molecule has 0 atom stereocenters. The Kier molecular flexibility index (Phi) is 15.7. The van der Waals surface area contributed by atoms with Crippen molar-refractivity contribution in [3.05, 3.63) is 0 Å². The summed E-state index contributed by atoms with van der Waals surface area (Å²) in [6.07, 6.45) is 0. The van der Waals surface area contributed by atoms with Gasteiger partial charge in [0.25, 0.3) is 5.97 Å². The van der Waals surface area contributed by atoms with Crippen LogP contribution >= 0.6 is 0 Å². The van der Waals surface area contributed by atoms with Gasteiger partial charge in [0.05, 0.1) is 26.4 Å². The molecule has 80 valence electrons. The van der Waals surface area contributed by atoms with Crippen molar-refractivity contribution >= 4 is 5.97 Å². The van der Waals surface area contributed by atoms with Gasteiger partial charge in [0.1, 0.15) is 0 Å². The Bertz CT molecular complexity index is 99.3. The van der Waals surface area contributed by atoms with Gasteiger partial charge in [-0.2, -0.15) is 0 Å². The molecular formula is C6H15NO6. The van der Waals surface area contributed by atoms with Crippen LogP contribution in [-0.2, 0) is 14.5 Å². The fourth-order valence-corrected chi connectivity index (χ4v) is 0.216. The summed E-state index contributed by atoms with van der Waals surface area (Å²) < 4.78 is 0. The van der Waals surface area contributed by atoms with E-state index < -0.39 is 5.97 Å². The highest BCUT2D eigenvalue weighted by Gasteiger charge is 1.83. The van der Waals surface area contributed by atoms with E-state index in [1.165, 1.54) is 0 Å². The van der Waals surface area contributed by atoms with E-state index in [0.29, 0.717) is 0 Å². The molecule has 4 N–H and O–H groups in total. The number of aliphatic carboxylic acids is 1. The Balaban J connectivity index is 0. The van der Waals surface area contributed by atoms with Crippen LogP contribution in [0.3, 0.4) is 0 Å². The number of carbonyl (C=O) groups is 1. The number of hydrogen-bond acceptors (Lipinski definition) is 6. The first-order valence-corrected chi connectivity index (χ1v) is 3.55. The van der Waals surface area contributed by atoms with Crippen LogP contribution in [-0.4, -0.2) is 47.7 Å². The number of hydrogen-bond donors (Lipinski definition) is 4. The van der Waals surface area contributed by atoms with Gasteiger partial charge in [0.2, 0.25) is 0 Å². The van der Waals surface area contributed by atoms with Crippen molar-refractivity contribution < 1.29 is 29.8 Å². The van der Waals surface area contributed by atoms with Crippen LogP contribution in [0.25, 0.3) is 0 Å². The second-order valence-electron chi connectivity index (χ2n) is 1.75. The molecule has 0 amide bonds. The van der Waals surface area contributed by atoms with Crippen LogP contribution in [0, 0.1) is 0 Å². The molecule has 0 rings (SSSR count). The molecule has 0 aromatic rings. The lowest BCUT2D eigenvalue weighted by atomic mass is 10.8. The van der Waals surface area contributed by atoms with E-state index in [-0.39, 0.29) is 26.4 Å². The second-order valence-corrected chi connectivity index (χ2v) is 1.75. The van der Waals surface area contributed by atoms with E-state index in [1.54, 1.807) is 0 Å². The molecule has 0 aliphatic carbocycles. The first-order chi connectivity index (χ1) is 6.15. The summed E-state index contributed by atoms with van der Waals surface area (Å²) >= 11 is 0. The van der Waals surface area contributed by atoms with E-state index in [2.05, 4.69) is 15.3 Å². The van der Waals surface area contributed by atoms with E-state index in [4.69, 9.17) is 20.1 Å². The maximum atomic E-state index is 9.00. The Morgan fingerprint density at radius 3 is 1.77 bits per heavy atom. The first kappa shape index (κ1) is 14.8. The average molecular weight is 197 g/mol. The number of carboxylic acid groups (broad SMARTS) is 1. The third-order valence-corrected chi connectivity index (χ3v) is 0.505. The molecule has 13 heavy (non-hydrogen) atoms. The maximum Gasteiger partial charge on any atom is 0.300 e. The van der Waals surface area contributed by atoms with Crippen molar-refractivity contribution in [1.29, 1.82) is 0 Å². The number of nitrogens with one attached hydrogen (secondary N) is 1. The molecule has 0 radical (unpaired) electrons. The summed E-state index contributed by atoms with van der Waals surface area (Å²) in [5, 5.41) is 23.7. The first-order valence-electron chi connectivity index (χ1n) is 3.55. The Morgan fingerprint density at radius 1 is 1.23 bits per heavy atom. The predicted molar refractivity (Wildman–Crippen MR) is 42.5 cm³/mol. The molecule has 7 heteroatoms. The fourth-order valence-electron chi connectivity index (χ4n) is 0.216. The zero-order valence-corrected chi connectivity index (χ0v) is 7.39. The van der Waals surface area contributed by atoms with E-state index in [0.717, 1.165) is 6.92 Å². The minimum absolute atomic E-state index is 0.0600. The fraction of sp³-hybridized carbons (Fsp3) is 0.833. The highest BCUT2D eigenvalue weighted by Crippen LogP contribution is 1.67. The van der Waals surface area contributed by atoms with Crippen molar-refractivity contribution in [1.82, 2.24) is 5.64 Å². The maximum absolute atomic E-state index is 9.00.